The predicted molar refractivity (Wildman–Crippen MR) is 54.5 cm³/mol. The minimum atomic E-state index is 0.106. The van der Waals surface area contributed by atoms with E-state index in [1.54, 1.807) is 6.92 Å². The van der Waals surface area contributed by atoms with E-state index in [4.69, 9.17) is 28.3 Å². The first kappa shape index (κ1) is 11.2. The summed E-state index contributed by atoms with van der Waals surface area (Å²) in [5, 5.41) is 7.96. The summed E-state index contributed by atoms with van der Waals surface area (Å²) in [6.45, 7) is 1.93. The van der Waals surface area contributed by atoms with Crippen LogP contribution in [0.2, 0.25) is 10.4 Å². The van der Waals surface area contributed by atoms with Gasteiger partial charge in [-0.1, -0.05) is 11.6 Å². The van der Waals surface area contributed by atoms with E-state index in [1.807, 2.05) is 0 Å². The minimum Gasteiger partial charge on any atom is -0.397 e. The van der Waals surface area contributed by atoms with Crippen LogP contribution in [0.3, 0.4) is 0 Å². The van der Waals surface area contributed by atoms with Crippen LogP contribution < -0.4 is 0 Å². The van der Waals surface area contributed by atoms with E-state index >= 15 is 0 Å². The lowest BCUT2D eigenvalue weighted by atomic mass is 10.6. The number of H-pyrrole nitrogens is 1. The first-order valence-corrected chi connectivity index (χ1v) is 4.57. The van der Waals surface area contributed by atoms with Gasteiger partial charge in [0.05, 0.1) is 6.33 Å². The molecule has 0 aliphatic heterocycles. The molecule has 0 amide bonds. The second-order valence-corrected chi connectivity index (χ2v) is 2.90. The molecule has 0 aliphatic rings. The van der Waals surface area contributed by atoms with E-state index in [1.165, 1.54) is 6.33 Å². The molecule has 0 spiro atoms. The summed E-state index contributed by atoms with van der Waals surface area (Å²) in [7, 11) is 0. The van der Waals surface area contributed by atoms with Gasteiger partial charge in [0.15, 0.2) is 10.8 Å². The summed E-state index contributed by atoms with van der Waals surface area (Å²) >= 11 is 11.2. The number of aliphatic hydroxyl groups is 1. The molecule has 2 heterocycles. The first-order valence-electron chi connectivity index (χ1n) is 3.82. The maximum atomic E-state index is 7.57. The maximum Gasteiger partial charge on any atom is 0.225 e. The average Bonchev–Trinajstić information content (AvgIpc) is 2.53. The number of aliphatic hydroxyl groups excluding tert-OH is 1. The van der Waals surface area contributed by atoms with Crippen molar-refractivity contribution in [2.45, 2.75) is 6.92 Å². The van der Waals surface area contributed by atoms with Gasteiger partial charge in [-0.25, -0.2) is 9.97 Å². The number of hydrogen-bond acceptors (Lipinski definition) is 4. The SMILES string of the molecule is CCO.Clc1nc(Cl)c2[nH]cnc2n1. The highest BCUT2D eigenvalue weighted by Gasteiger charge is 2.04. The highest BCUT2D eigenvalue weighted by molar-refractivity contribution is 6.35. The molecule has 14 heavy (non-hydrogen) atoms. The summed E-state index contributed by atoms with van der Waals surface area (Å²) in [4.78, 5) is 14.2. The van der Waals surface area contributed by atoms with E-state index in [-0.39, 0.29) is 17.0 Å². The number of imidazole rings is 1. The number of fused-ring (bicyclic) bond motifs is 1. The fraction of sp³-hybridized carbons (Fsp3) is 0.286. The Morgan fingerprint density at radius 1 is 1.43 bits per heavy atom. The number of nitrogens with one attached hydrogen (secondary N) is 1. The summed E-state index contributed by atoms with van der Waals surface area (Å²) in [5.74, 6) is 0. The molecule has 0 unspecified atom stereocenters. The van der Waals surface area contributed by atoms with Crippen molar-refractivity contribution in [3.8, 4) is 0 Å². The van der Waals surface area contributed by atoms with E-state index in [9.17, 15) is 0 Å². The van der Waals surface area contributed by atoms with Gasteiger partial charge in [0.2, 0.25) is 5.28 Å². The van der Waals surface area contributed by atoms with E-state index in [0.717, 1.165) is 0 Å². The van der Waals surface area contributed by atoms with Crippen LogP contribution in [0.4, 0.5) is 0 Å². The van der Waals surface area contributed by atoms with Gasteiger partial charge in [0.25, 0.3) is 0 Å². The monoisotopic (exact) mass is 234 g/mol. The van der Waals surface area contributed by atoms with Crippen LogP contribution >= 0.6 is 23.2 Å². The smallest absolute Gasteiger partial charge is 0.225 e. The van der Waals surface area contributed by atoms with Gasteiger partial charge in [-0.2, -0.15) is 4.98 Å². The molecule has 0 bridgehead atoms. The molecule has 0 aliphatic carbocycles. The molecule has 7 heteroatoms. The Bertz CT molecular complexity index is 417. The maximum absolute atomic E-state index is 7.57. The van der Waals surface area contributed by atoms with Crippen LogP contribution in [0.5, 0.6) is 0 Å². The van der Waals surface area contributed by atoms with Crippen LogP contribution in [0.15, 0.2) is 6.33 Å². The molecule has 0 saturated carbocycles. The van der Waals surface area contributed by atoms with E-state index in [2.05, 4.69) is 19.9 Å². The number of aromatic amines is 1. The minimum absolute atomic E-state index is 0.106. The number of aromatic nitrogens is 4. The van der Waals surface area contributed by atoms with Gasteiger partial charge in [-0.3, -0.25) is 0 Å². The Morgan fingerprint density at radius 2 is 2.07 bits per heavy atom. The summed E-state index contributed by atoms with van der Waals surface area (Å²) in [6.07, 6.45) is 1.49. The van der Waals surface area contributed by atoms with Gasteiger partial charge in [-0.05, 0) is 18.5 Å². The average molecular weight is 235 g/mol. The van der Waals surface area contributed by atoms with Crippen molar-refractivity contribution in [1.29, 1.82) is 0 Å². The zero-order valence-electron chi connectivity index (χ0n) is 7.33. The molecule has 5 nitrogen and oxygen atoms in total. The Kier molecular flexibility index (Phi) is 4.06. The van der Waals surface area contributed by atoms with Crippen LogP contribution in [-0.4, -0.2) is 31.6 Å². The van der Waals surface area contributed by atoms with Crippen LogP contribution in [0.25, 0.3) is 11.2 Å². The zero-order valence-corrected chi connectivity index (χ0v) is 8.84. The molecule has 0 radical (unpaired) electrons. The molecule has 0 aromatic carbocycles. The predicted octanol–water partition coefficient (Wildman–Crippen LogP) is 1.66. The molecule has 0 atom stereocenters. The molecular formula is C7H8Cl2N4O. The number of nitrogens with zero attached hydrogens (tertiary/aromatic N) is 3. The molecule has 0 fully saturated rings. The van der Waals surface area contributed by atoms with Crippen molar-refractivity contribution in [3.05, 3.63) is 16.8 Å². The highest BCUT2D eigenvalue weighted by atomic mass is 35.5. The van der Waals surface area contributed by atoms with Crippen LogP contribution in [0, 0.1) is 0 Å². The number of rotatable bonds is 0. The van der Waals surface area contributed by atoms with E-state index in [0.29, 0.717) is 11.2 Å². The Balaban J connectivity index is 0.000000293. The molecule has 2 N–H and O–H groups in total. The lowest BCUT2D eigenvalue weighted by Gasteiger charge is -1.90. The zero-order chi connectivity index (χ0) is 10.6. The molecule has 2 aromatic rings. The topological polar surface area (TPSA) is 74.7 Å². The van der Waals surface area contributed by atoms with Crippen molar-refractivity contribution >= 4 is 34.4 Å². The third-order valence-corrected chi connectivity index (χ3v) is 1.66. The number of hydrogen-bond donors (Lipinski definition) is 2. The van der Waals surface area contributed by atoms with Crippen molar-refractivity contribution in [1.82, 2.24) is 19.9 Å². The summed E-state index contributed by atoms with van der Waals surface area (Å²) in [5.41, 5.74) is 1.09. The summed E-state index contributed by atoms with van der Waals surface area (Å²) < 4.78 is 0. The second-order valence-electron chi connectivity index (χ2n) is 2.20. The fourth-order valence-electron chi connectivity index (χ4n) is 0.773. The quantitative estimate of drug-likeness (QED) is 0.537. The third-order valence-electron chi connectivity index (χ3n) is 1.21. The standard InChI is InChI=1S/C5H2Cl2N4.C2H6O/c6-3-2-4(9-1-8-2)11-5(7)10-3;1-2-3/h1H,(H,8,9,10,11);3H,2H2,1H3. The highest BCUT2D eigenvalue weighted by Crippen LogP contribution is 2.17. The van der Waals surface area contributed by atoms with Gasteiger partial charge in [0, 0.05) is 6.61 Å². The Labute approximate surface area is 90.1 Å². The van der Waals surface area contributed by atoms with Crippen LogP contribution in [0.1, 0.15) is 6.92 Å². The van der Waals surface area contributed by atoms with Crippen LogP contribution in [-0.2, 0) is 0 Å². The lowest BCUT2D eigenvalue weighted by Crippen LogP contribution is -1.84. The molecule has 2 rings (SSSR count). The third kappa shape index (κ3) is 2.54. The van der Waals surface area contributed by atoms with Gasteiger partial charge >= 0.3 is 0 Å². The molecular weight excluding hydrogens is 227 g/mol. The van der Waals surface area contributed by atoms with Gasteiger partial charge in [0.1, 0.15) is 5.52 Å². The van der Waals surface area contributed by atoms with E-state index < -0.39 is 0 Å². The largest absolute Gasteiger partial charge is 0.397 e. The number of halogens is 2. The normalized spacial score (nSPS) is 9.71. The molecule has 0 saturated heterocycles. The van der Waals surface area contributed by atoms with Gasteiger partial charge < -0.3 is 10.1 Å². The van der Waals surface area contributed by atoms with Crippen molar-refractivity contribution in [3.63, 3.8) is 0 Å². The lowest BCUT2D eigenvalue weighted by molar-refractivity contribution is 0.318. The summed E-state index contributed by atoms with van der Waals surface area (Å²) in [6, 6.07) is 0. The Hall–Kier alpha value is -0.910. The fourth-order valence-corrected chi connectivity index (χ4v) is 1.20. The second kappa shape index (κ2) is 5.09. The van der Waals surface area contributed by atoms with Gasteiger partial charge in [-0.15, -0.1) is 0 Å². The Morgan fingerprint density at radius 3 is 2.71 bits per heavy atom. The van der Waals surface area contributed by atoms with Crippen molar-refractivity contribution < 1.29 is 5.11 Å². The molecule has 76 valence electrons. The van der Waals surface area contributed by atoms with Crippen molar-refractivity contribution in [2.24, 2.45) is 0 Å². The molecule has 2 aromatic heterocycles. The van der Waals surface area contributed by atoms with Crippen molar-refractivity contribution in [2.75, 3.05) is 6.61 Å². The first-order chi connectivity index (χ1) is 6.69.